The van der Waals surface area contributed by atoms with E-state index in [1.54, 1.807) is 12.1 Å². The molecule has 2 aromatic carbocycles. The molecule has 1 amide bonds. The smallest absolute Gasteiger partial charge is 0.253 e. The average Bonchev–Trinajstić information content (AvgIpc) is 3.19. The fourth-order valence-corrected chi connectivity index (χ4v) is 3.24. The lowest BCUT2D eigenvalue weighted by Crippen LogP contribution is -2.39. The first-order valence-corrected chi connectivity index (χ1v) is 8.64. The first kappa shape index (κ1) is 16.4. The Morgan fingerprint density at radius 3 is 2.65 bits per heavy atom. The second-order valence-corrected chi connectivity index (χ2v) is 6.42. The minimum absolute atomic E-state index is 0.0121. The first-order chi connectivity index (χ1) is 12.7. The van der Waals surface area contributed by atoms with Gasteiger partial charge in [-0.25, -0.2) is 4.39 Å². The molecular formula is C20H18FN3O2. The summed E-state index contributed by atoms with van der Waals surface area (Å²) >= 11 is 0. The molecule has 0 radical (unpaired) electrons. The molecular weight excluding hydrogens is 333 g/mol. The van der Waals surface area contributed by atoms with Gasteiger partial charge < -0.3 is 9.42 Å². The van der Waals surface area contributed by atoms with E-state index in [4.69, 9.17) is 4.52 Å². The van der Waals surface area contributed by atoms with Crippen LogP contribution < -0.4 is 0 Å². The summed E-state index contributed by atoms with van der Waals surface area (Å²) in [6, 6.07) is 15.2. The number of hydrogen-bond acceptors (Lipinski definition) is 4. The number of hydrogen-bond donors (Lipinski definition) is 0. The molecule has 1 aromatic heterocycles. The van der Waals surface area contributed by atoms with Crippen molar-refractivity contribution in [3.63, 3.8) is 0 Å². The second kappa shape index (κ2) is 7.07. The zero-order chi connectivity index (χ0) is 17.9. The predicted octanol–water partition coefficient (Wildman–Crippen LogP) is 3.90. The highest BCUT2D eigenvalue weighted by atomic mass is 19.1. The first-order valence-electron chi connectivity index (χ1n) is 8.64. The van der Waals surface area contributed by atoms with Gasteiger partial charge in [0.2, 0.25) is 11.7 Å². The van der Waals surface area contributed by atoms with E-state index in [-0.39, 0.29) is 17.6 Å². The molecule has 1 aliphatic heterocycles. The van der Waals surface area contributed by atoms with Crippen LogP contribution in [0.5, 0.6) is 0 Å². The quantitative estimate of drug-likeness (QED) is 0.718. The minimum atomic E-state index is -0.306. The SMILES string of the molecule is O=C(c1ccccc1)N1CCC[C@H](c2nc(-c3ccc(F)cc3)no2)C1. The van der Waals surface area contributed by atoms with E-state index in [9.17, 15) is 9.18 Å². The third-order valence-corrected chi connectivity index (χ3v) is 4.62. The van der Waals surface area contributed by atoms with E-state index in [0.717, 1.165) is 19.4 Å². The molecule has 4 rings (SSSR count). The Morgan fingerprint density at radius 1 is 1.12 bits per heavy atom. The standard InChI is InChI=1S/C20H18FN3O2/c21-17-10-8-14(9-11-17)18-22-19(26-23-18)16-7-4-12-24(13-16)20(25)15-5-2-1-3-6-15/h1-3,5-6,8-11,16H,4,7,12-13H2/t16-/m0/s1. The number of carbonyl (C=O) groups excluding carboxylic acids is 1. The van der Waals surface area contributed by atoms with E-state index in [1.165, 1.54) is 12.1 Å². The molecule has 0 saturated carbocycles. The zero-order valence-corrected chi connectivity index (χ0v) is 14.1. The lowest BCUT2D eigenvalue weighted by atomic mass is 9.97. The summed E-state index contributed by atoms with van der Waals surface area (Å²) < 4.78 is 18.5. The van der Waals surface area contributed by atoms with E-state index >= 15 is 0 Å². The Balaban J connectivity index is 1.50. The van der Waals surface area contributed by atoms with E-state index in [2.05, 4.69) is 10.1 Å². The number of amides is 1. The van der Waals surface area contributed by atoms with Gasteiger partial charge in [-0.2, -0.15) is 4.98 Å². The number of halogens is 1. The third-order valence-electron chi connectivity index (χ3n) is 4.62. The van der Waals surface area contributed by atoms with Crippen molar-refractivity contribution in [1.82, 2.24) is 15.0 Å². The molecule has 0 spiro atoms. The number of nitrogens with zero attached hydrogens (tertiary/aromatic N) is 3. The lowest BCUT2D eigenvalue weighted by Gasteiger charge is -2.31. The van der Waals surface area contributed by atoms with E-state index in [0.29, 0.717) is 29.4 Å². The molecule has 1 atom stereocenters. The Labute approximate surface area is 150 Å². The Kier molecular flexibility index (Phi) is 4.48. The van der Waals surface area contributed by atoms with Crippen molar-refractivity contribution >= 4 is 5.91 Å². The Hall–Kier alpha value is -3.02. The van der Waals surface area contributed by atoms with Crippen LogP contribution >= 0.6 is 0 Å². The summed E-state index contributed by atoms with van der Waals surface area (Å²) in [7, 11) is 0. The molecule has 3 aromatic rings. The van der Waals surface area contributed by atoms with E-state index in [1.807, 2.05) is 35.2 Å². The summed E-state index contributed by atoms with van der Waals surface area (Å²) in [6.45, 7) is 1.28. The highest BCUT2D eigenvalue weighted by Crippen LogP contribution is 2.28. The molecule has 0 unspecified atom stereocenters. The van der Waals surface area contributed by atoms with Crippen molar-refractivity contribution in [2.75, 3.05) is 13.1 Å². The highest BCUT2D eigenvalue weighted by molar-refractivity contribution is 5.94. The molecule has 6 heteroatoms. The monoisotopic (exact) mass is 351 g/mol. The molecule has 5 nitrogen and oxygen atoms in total. The summed E-state index contributed by atoms with van der Waals surface area (Å²) in [6.07, 6.45) is 1.78. The molecule has 1 aliphatic rings. The van der Waals surface area contributed by atoms with Gasteiger partial charge >= 0.3 is 0 Å². The van der Waals surface area contributed by atoms with Gasteiger partial charge in [0.15, 0.2) is 0 Å². The van der Waals surface area contributed by atoms with Crippen molar-refractivity contribution in [3.05, 3.63) is 71.9 Å². The van der Waals surface area contributed by atoms with Crippen molar-refractivity contribution in [1.29, 1.82) is 0 Å². The van der Waals surface area contributed by atoms with Gasteiger partial charge in [0.05, 0.1) is 5.92 Å². The van der Waals surface area contributed by atoms with Crippen molar-refractivity contribution in [2.45, 2.75) is 18.8 Å². The molecule has 26 heavy (non-hydrogen) atoms. The number of likely N-dealkylation sites (tertiary alicyclic amines) is 1. The average molecular weight is 351 g/mol. The van der Waals surface area contributed by atoms with Gasteiger partial charge in [-0.1, -0.05) is 23.4 Å². The molecule has 1 fully saturated rings. The number of piperidine rings is 1. The Bertz CT molecular complexity index is 893. The van der Waals surface area contributed by atoms with Crippen molar-refractivity contribution < 1.29 is 13.7 Å². The summed E-state index contributed by atoms with van der Waals surface area (Å²) in [5.74, 6) is 0.688. The van der Waals surface area contributed by atoms with Gasteiger partial charge in [0, 0.05) is 24.2 Å². The molecule has 132 valence electrons. The van der Waals surface area contributed by atoms with Crippen LogP contribution in [-0.2, 0) is 0 Å². The Morgan fingerprint density at radius 2 is 1.88 bits per heavy atom. The maximum atomic E-state index is 13.1. The van der Waals surface area contributed by atoms with Gasteiger partial charge in [0.25, 0.3) is 5.91 Å². The maximum Gasteiger partial charge on any atom is 0.253 e. The van der Waals surface area contributed by atoms with Crippen LogP contribution in [0.2, 0.25) is 0 Å². The van der Waals surface area contributed by atoms with Gasteiger partial charge in [0.1, 0.15) is 5.82 Å². The highest BCUT2D eigenvalue weighted by Gasteiger charge is 2.29. The van der Waals surface area contributed by atoms with Crippen LogP contribution in [-0.4, -0.2) is 34.0 Å². The van der Waals surface area contributed by atoms with Crippen LogP contribution in [0.4, 0.5) is 4.39 Å². The van der Waals surface area contributed by atoms with Crippen LogP contribution in [0.3, 0.4) is 0 Å². The molecule has 2 heterocycles. The second-order valence-electron chi connectivity index (χ2n) is 6.42. The maximum absolute atomic E-state index is 13.1. The summed E-state index contributed by atoms with van der Waals surface area (Å²) in [4.78, 5) is 19.0. The topological polar surface area (TPSA) is 59.2 Å². The number of carbonyl (C=O) groups is 1. The van der Waals surface area contributed by atoms with E-state index < -0.39 is 0 Å². The van der Waals surface area contributed by atoms with Crippen molar-refractivity contribution in [2.24, 2.45) is 0 Å². The summed E-state index contributed by atoms with van der Waals surface area (Å²) in [5.41, 5.74) is 1.39. The van der Waals surface area contributed by atoms with Crippen LogP contribution in [0.25, 0.3) is 11.4 Å². The van der Waals surface area contributed by atoms with Crippen LogP contribution in [0, 0.1) is 5.82 Å². The van der Waals surface area contributed by atoms with Gasteiger partial charge in [-0.05, 0) is 49.2 Å². The minimum Gasteiger partial charge on any atom is -0.339 e. The normalized spacial score (nSPS) is 17.3. The molecule has 0 N–H and O–H groups in total. The lowest BCUT2D eigenvalue weighted by molar-refractivity contribution is 0.0695. The molecule has 1 saturated heterocycles. The number of aromatic nitrogens is 2. The zero-order valence-electron chi connectivity index (χ0n) is 14.1. The van der Waals surface area contributed by atoms with Crippen LogP contribution in [0.1, 0.15) is 35.0 Å². The fraction of sp³-hybridized carbons (Fsp3) is 0.250. The number of benzene rings is 2. The largest absolute Gasteiger partial charge is 0.339 e. The number of rotatable bonds is 3. The predicted molar refractivity (Wildman–Crippen MR) is 94.0 cm³/mol. The van der Waals surface area contributed by atoms with Gasteiger partial charge in [-0.3, -0.25) is 4.79 Å². The van der Waals surface area contributed by atoms with Crippen LogP contribution in [0.15, 0.2) is 59.1 Å². The summed E-state index contributed by atoms with van der Waals surface area (Å²) in [5, 5.41) is 4.01. The van der Waals surface area contributed by atoms with Gasteiger partial charge in [-0.15, -0.1) is 0 Å². The molecule has 0 bridgehead atoms. The fourth-order valence-electron chi connectivity index (χ4n) is 3.24. The molecule has 0 aliphatic carbocycles. The van der Waals surface area contributed by atoms with Crippen molar-refractivity contribution in [3.8, 4) is 11.4 Å². The third kappa shape index (κ3) is 3.35.